The van der Waals surface area contributed by atoms with Crippen molar-refractivity contribution in [2.45, 2.75) is 39.7 Å². The summed E-state index contributed by atoms with van der Waals surface area (Å²) in [4.78, 5) is 0. The zero-order valence-corrected chi connectivity index (χ0v) is 13.6. The lowest BCUT2D eigenvalue weighted by Crippen LogP contribution is -2.49. The minimum Gasteiger partial charge on any atom is -0.328 e. The van der Waals surface area contributed by atoms with Gasteiger partial charge in [0.25, 0.3) is 0 Å². The molecular weight excluding hydrogens is 272 g/mol. The van der Waals surface area contributed by atoms with Crippen molar-refractivity contribution in [3.05, 3.63) is 35.9 Å². The van der Waals surface area contributed by atoms with Gasteiger partial charge in [0.2, 0.25) is 10.0 Å². The summed E-state index contributed by atoms with van der Waals surface area (Å²) in [7, 11) is -3.36. The van der Waals surface area contributed by atoms with Crippen molar-refractivity contribution in [2.24, 2.45) is 11.1 Å². The van der Waals surface area contributed by atoms with Crippen molar-refractivity contribution in [3.63, 3.8) is 0 Å². The summed E-state index contributed by atoms with van der Waals surface area (Å²) in [5.41, 5.74) is 5.90. The molecule has 0 saturated heterocycles. The van der Waals surface area contributed by atoms with Crippen LogP contribution in [0.4, 0.5) is 0 Å². The van der Waals surface area contributed by atoms with Crippen molar-refractivity contribution in [1.29, 1.82) is 0 Å². The van der Waals surface area contributed by atoms with Gasteiger partial charge in [-0.05, 0) is 24.3 Å². The lowest BCUT2D eigenvalue weighted by Gasteiger charge is -2.30. The number of nitrogens with one attached hydrogen (secondary N) is 1. The van der Waals surface area contributed by atoms with Crippen LogP contribution in [0.5, 0.6) is 0 Å². The van der Waals surface area contributed by atoms with Gasteiger partial charge < -0.3 is 5.73 Å². The Morgan fingerprint density at radius 3 is 2.10 bits per heavy atom. The molecule has 0 fully saturated rings. The van der Waals surface area contributed by atoms with Gasteiger partial charge in [0.1, 0.15) is 0 Å². The quantitative estimate of drug-likeness (QED) is 0.846. The molecule has 0 aliphatic heterocycles. The van der Waals surface area contributed by atoms with Gasteiger partial charge in [0, 0.05) is 6.54 Å². The number of benzene rings is 1. The van der Waals surface area contributed by atoms with E-state index in [1.807, 2.05) is 58.0 Å². The van der Waals surface area contributed by atoms with Gasteiger partial charge in [-0.15, -0.1) is 0 Å². The Labute approximate surface area is 122 Å². The van der Waals surface area contributed by atoms with E-state index in [4.69, 9.17) is 5.73 Å². The number of hydrogen-bond acceptors (Lipinski definition) is 3. The molecule has 3 N–H and O–H groups in total. The average molecular weight is 298 g/mol. The standard InChI is InChI=1S/C15H26N2O2S/c1-14(2,3)10-11-20(18,19)17-15(4,12-16)13-8-6-5-7-9-13/h5-9,17H,10-12,16H2,1-4H3. The highest BCUT2D eigenvalue weighted by molar-refractivity contribution is 7.89. The monoisotopic (exact) mass is 298 g/mol. The molecule has 1 aromatic rings. The summed E-state index contributed by atoms with van der Waals surface area (Å²) < 4.78 is 27.3. The summed E-state index contributed by atoms with van der Waals surface area (Å²) in [6.07, 6.45) is 0.609. The van der Waals surface area contributed by atoms with E-state index in [1.54, 1.807) is 0 Å². The second kappa shape index (κ2) is 6.24. The van der Waals surface area contributed by atoms with E-state index >= 15 is 0 Å². The normalized spacial score (nSPS) is 15.8. The molecule has 0 radical (unpaired) electrons. The van der Waals surface area contributed by atoms with Crippen LogP contribution in [0, 0.1) is 5.41 Å². The molecule has 0 heterocycles. The van der Waals surface area contributed by atoms with Gasteiger partial charge in [-0.25, -0.2) is 13.1 Å². The summed E-state index contributed by atoms with van der Waals surface area (Å²) in [6.45, 7) is 8.12. The second-order valence-corrected chi connectivity index (χ2v) is 8.48. The molecule has 4 nitrogen and oxygen atoms in total. The number of sulfonamides is 1. The van der Waals surface area contributed by atoms with Crippen LogP contribution < -0.4 is 10.5 Å². The first-order chi connectivity index (χ1) is 9.08. The molecule has 0 aromatic heterocycles. The fourth-order valence-electron chi connectivity index (χ4n) is 1.86. The largest absolute Gasteiger partial charge is 0.328 e. The maximum absolute atomic E-state index is 12.3. The van der Waals surface area contributed by atoms with E-state index in [-0.39, 0.29) is 17.7 Å². The van der Waals surface area contributed by atoms with E-state index in [9.17, 15) is 8.42 Å². The summed E-state index contributed by atoms with van der Waals surface area (Å²) >= 11 is 0. The number of nitrogens with two attached hydrogens (primary N) is 1. The van der Waals surface area contributed by atoms with Crippen LogP contribution in [-0.2, 0) is 15.6 Å². The molecule has 114 valence electrons. The van der Waals surface area contributed by atoms with E-state index in [1.165, 1.54) is 0 Å². The molecule has 0 saturated carbocycles. The first-order valence-electron chi connectivity index (χ1n) is 6.85. The fraction of sp³-hybridized carbons (Fsp3) is 0.600. The lowest BCUT2D eigenvalue weighted by molar-refractivity contribution is 0.390. The highest BCUT2D eigenvalue weighted by atomic mass is 32.2. The van der Waals surface area contributed by atoms with Crippen molar-refractivity contribution in [1.82, 2.24) is 4.72 Å². The third kappa shape index (κ3) is 5.23. The fourth-order valence-corrected chi connectivity index (χ4v) is 3.73. The highest BCUT2D eigenvalue weighted by Crippen LogP contribution is 2.23. The molecule has 0 aliphatic carbocycles. The summed E-state index contributed by atoms with van der Waals surface area (Å²) in [5.74, 6) is 0.110. The van der Waals surface area contributed by atoms with Crippen LogP contribution in [-0.4, -0.2) is 20.7 Å². The van der Waals surface area contributed by atoms with Crippen LogP contribution in [0.25, 0.3) is 0 Å². The van der Waals surface area contributed by atoms with Crippen molar-refractivity contribution in [2.75, 3.05) is 12.3 Å². The topological polar surface area (TPSA) is 72.2 Å². The summed E-state index contributed by atoms with van der Waals surface area (Å²) in [5, 5.41) is 0. The predicted molar refractivity (Wildman–Crippen MR) is 83.8 cm³/mol. The van der Waals surface area contributed by atoms with Gasteiger partial charge >= 0.3 is 0 Å². The van der Waals surface area contributed by atoms with Crippen molar-refractivity contribution in [3.8, 4) is 0 Å². The SMILES string of the molecule is CC(C)(C)CCS(=O)(=O)NC(C)(CN)c1ccccc1. The van der Waals surface area contributed by atoms with Crippen LogP contribution in [0.1, 0.15) is 39.7 Å². The Morgan fingerprint density at radius 2 is 1.65 bits per heavy atom. The van der Waals surface area contributed by atoms with Gasteiger partial charge in [-0.2, -0.15) is 0 Å². The molecule has 5 heteroatoms. The maximum Gasteiger partial charge on any atom is 0.212 e. The Bertz CT molecular complexity index is 521. The van der Waals surface area contributed by atoms with Crippen LogP contribution in [0.3, 0.4) is 0 Å². The first kappa shape index (κ1) is 17.1. The maximum atomic E-state index is 12.3. The molecule has 0 spiro atoms. The first-order valence-corrected chi connectivity index (χ1v) is 8.50. The minimum atomic E-state index is -3.36. The molecule has 1 aromatic carbocycles. The minimum absolute atomic E-state index is 0.0133. The second-order valence-electron chi connectivity index (χ2n) is 6.63. The number of rotatable bonds is 6. The van der Waals surface area contributed by atoms with Crippen molar-refractivity contribution < 1.29 is 8.42 Å². The summed E-state index contributed by atoms with van der Waals surface area (Å²) in [6, 6.07) is 9.44. The molecular formula is C15H26N2O2S. The Morgan fingerprint density at radius 1 is 1.10 bits per heavy atom. The van der Waals surface area contributed by atoms with Crippen LogP contribution in [0.15, 0.2) is 30.3 Å². The third-order valence-electron chi connectivity index (χ3n) is 3.32. The lowest BCUT2D eigenvalue weighted by atomic mass is 9.93. The van der Waals surface area contributed by atoms with Gasteiger partial charge in [0.15, 0.2) is 0 Å². The Balaban J connectivity index is 2.88. The molecule has 0 amide bonds. The average Bonchev–Trinajstić information content (AvgIpc) is 2.36. The molecule has 0 aliphatic rings. The molecule has 1 unspecified atom stereocenters. The third-order valence-corrected chi connectivity index (χ3v) is 4.82. The Kier molecular flexibility index (Phi) is 5.35. The smallest absolute Gasteiger partial charge is 0.212 e. The molecule has 1 atom stereocenters. The highest BCUT2D eigenvalue weighted by Gasteiger charge is 2.30. The zero-order chi connectivity index (χ0) is 15.4. The van der Waals surface area contributed by atoms with Gasteiger partial charge in [-0.3, -0.25) is 0 Å². The van der Waals surface area contributed by atoms with Gasteiger partial charge in [-0.1, -0.05) is 51.1 Å². The van der Waals surface area contributed by atoms with Gasteiger partial charge in [0.05, 0.1) is 11.3 Å². The van der Waals surface area contributed by atoms with E-state index in [0.717, 1.165) is 5.56 Å². The van der Waals surface area contributed by atoms with E-state index < -0.39 is 15.6 Å². The molecule has 20 heavy (non-hydrogen) atoms. The number of hydrogen-bond donors (Lipinski definition) is 2. The Hall–Kier alpha value is -0.910. The zero-order valence-electron chi connectivity index (χ0n) is 12.8. The predicted octanol–water partition coefficient (Wildman–Crippen LogP) is 2.22. The van der Waals surface area contributed by atoms with E-state index in [2.05, 4.69) is 4.72 Å². The molecule has 1 rings (SSSR count). The van der Waals surface area contributed by atoms with Crippen LogP contribution in [0.2, 0.25) is 0 Å². The van der Waals surface area contributed by atoms with Crippen LogP contribution >= 0.6 is 0 Å². The van der Waals surface area contributed by atoms with Crippen molar-refractivity contribution >= 4 is 10.0 Å². The van der Waals surface area contributed by atoms with E-state index in [0.29, 0.717) is 6.42 Å². The molecule has 0 bridgehead atoms.